The van der Waals surface area contributed by atoms with Gasteiger partial charge >= 0.3 is 6.03 Å². The number of nitrogens with zero attached hydrogens (tertiary/aromatic N) is 1. The van der Waals surface area contributed by atoms with Gasteiger partial charge < -0.3 is 15.5 Å². The summed E-state index contributed by atoms with van der Waals surface area (Å²) in [6.07, 6.45) is 0.842. The molecule has 2 amide bonds. The molecule has 0 aromatic heterocycles. The first-order valence-electron chi connectivity index (χ1n) is 8.31. The van der Waals surface area contributed by atoms with Gasteiger partial charge in [0, 0.05) is 18.6 Å². The van der Waals surface area contributed by atoms with Gasteiger partial charge in [0.25, 0.3) is 0 Å². The first-order valence-corrected chi connectivity index (χ1v) is 8.31. The van der Waals surface area contributed by atoms with Crippen LogP contribution in [-0.2, 0) is 11.8 Å². The van der Waals surface area contributed by atoms with Crippen LogP contribution >= 0.6 is 0 Å². The van der Waals surface area contributed by atoms with Crippen LogP contribution in [0.25, 0.3) is 0 Å². The summed E-state index contributed by atoms with van der Waals surface area (Å²) in [4.78, 5) is 13.9. The number of urea groups is 1. The van der Waals surface area contributed by atoms with E-state index in [4.69, 9.17) is 0 Å². The van der Waals surface area contributed by atoms with E-state index >= 15 is 0 Å². The lowest BCUT2D eigenvalue weighted by Gasteiger charge is -2.32. The number of rotatable bonds is 6. The van der Waals surface area contributed by atoms with Gasteiger partial charge in [-0.3, -0.25) is 0 Å². The third-order valence-electron chi connectivity index (χ3n) is 4.41. The fourth-order valence-electron chi connectivity index (χ4n) is 2.01. The predicted octanol–water partition coefficient (Wildman–Crippen LogP) is 3.17. The molecule has 2 N–H and O–H groups in total. The Bertz CT molecular complexity index is 498. The number of amides is 2. The smallest absolute Gasteiger partial charge is 0.314 e. The van der Waals surface area contributed by atoms with Crippen LogP contribution in [-0.4, -0.2) is 43.7 Å². The van der Waals surface area contributed by atoms with Gasteiger partial charge in [0.15, 0.2) is 0 Å². The highest BCUT2D eigenvalue weighted by Crippen LogP contribution is 2.22. The molecule has 0 unspecified atom stereocenters. The normalized spacial score (nSPS) is 12.3. The van der Waals surface area contributed by atoms with Gasteiger partial charge in [0.2, 0.25) is 0 Å². The molecule has 0 spiro atoms. The second kappa shape index (κ2) is 7.82. The molecule has 0 fully saturated rings. The minimum atomic E-state index is -0.105. The maximum atomic E-state index is 11.8. The van der Waals surface area contributed by atoms with Gasteiger partial charge in [-0.25, -0.2) is 4.79 Å². The molecule has 1 aromatic rings. The van der Waals surface area contributed by atoms with E-state index in [2.05, 4.69) is 74.4 Å². The van der Waals surface area contributed by atoms with Crippen molar-refractivity contribution < 1.29 is 4.79 Å². The highest BCUT2D eigenvalue weighted by Gasteiger charge is 2.20. The number of hydrogen-bond donors (Lipinski definition) is 2. The van der Waals surface area contributed by atoms with E-state index in [1.807, 2.05) is 14.1 Å². The van der Waals surface area contributed by atoms with E-state index in [1.54, 1.807) is 0 Å². The third-order valence-corrected chi connectivity index (χ3v) is 4.41. The molecule has 0 atom stereocenters. The Morgan fingerprint density at radius 3 is 2.04 bits per heavy atom. The van der Waals surface area contributed by atoms with E-state index < -0.39 is 0 Å². The monoisotopic (exact) mass is 319 g/mol. The van der Waals surface area contributed by atoms with Gasteiger partial charge in [-0.1, -0.05) is 45.0 Å². The molecule has 0 radical (unpaired) electrons. The molecular formula is C19H33N3O. The quantitative estimate of drug-likeness (QED) is 0.846. The summed E-state index contributed by atoms with van der Waals surface area (Å²) in [5.41, 5.74) is 2.69. The molecule has 130 valence electrons. The number of carbonyl (C=O) groups excluding carboxylic acids is 1. The highest BCUT2D eigenvalue weighted by atomic mass is 16.2. The molecule has 0 aliphatic rings. The van der Waals surface area contributed by atoms with Crippen LogP contribution in [0.1, 0.15) is 45.7 Å². The van der Waals surface area contributed by atoms with Crippen LogP contribution in [0.2, 0.25) is 0 Å². The molecule has 4 heteroatoms. The number of nitrogens with one attached hydrogen (secondary N) is 2. The van der Waals surface area contributed by atoms with Crippen LogP contribution in [0.5, 0.6) is 0 Å². The molecule has 0 heterocycles. The lowest BCUT2D eigenvalue weighted by molar-refractivity contribution is 0.186. The summed E-state index contributed by atoms with van der Waals surface area (Å²) in [6.45, 7) is 12.1. The summed E-state index contributed by atoms with van der Waals surface area (Å²) in [7, 11) is 4.03. The summed E-state index contributed by atoms with van der Waals surface area (Å²) >= 11 is 0. The molecule has 0 saturated carbocycles. The number of benzene rings is 1. The molecule has 1 aromatic carbocycles. The average Bonchev–Trinajstić information content (AvgIpc) is 2.44. The van der Waals surface area contributed by atoms with Crippen molar-refractivity contribution in [1.82, 2.24) is 15.5 Å². The summed E-state index contributed by atoms with van der Waals surface area (Å²) in [6, 6.07) is 8.54. The lowest BCUT2D eigenvalue weighted by Crippen LogP contribution is -2.50. The number of carbonyl (C=O) groups is 1. The van der Waals surface area contributed by atoms with Gasteiger partial charge in [-0.2, -0.15) is 0 Å². The molecular weight excluding hydrogens is 286 g/mol. The van der Waals surface area contributed by atoms with Crippen LogP contribution < -0.4 is 10.6 Å². The van der Waals surface area contributed by atoms with E-state index in [9.17, 15) is 4.79 Å². The summed E-state index contributed by atoms with van der Waals surface area (Å²) in [5, 5.41) is 5.85. The zero-order chi connectivity index (χ0) is 17.7. The molecule has 0 aliphatic heterocycles. The zero-order valence-electron chi connectivity index (χ0n) is 15.8. The van der Waals surface area contributed by atoms with Crippen LogP contribution in [0.3, 0.4) is 0 Å². The Labute approximate surface area is 141 Å². The van der Waals surface area contributed by atoms with Gasteiger partial charge in [-0.15, -0.1) is 0 Å². The maximum Gasteiger partial charge on any atom is 0.314 e. The Kier molecular flexibility index (Phi) is 6.63. The fourth-order valence-corrected chi connectivity index (χ4v) is 2.01. The second-order valence-corrected chi connectivity index (χ2v) is 8.01. The van der Waals surface area contributed by atoms with Crippen molar-refractivity contribution in [1.29, 1.82) is 0 Å². The Morgan fingerprint density at radius 2 is 1.57 bits per heavy atom. The van der Waals surface area contributed by atoms with Crippen LogP contribution in [0, 0.1) is 0 Å². The first-order chi connectivity index (χ1) is 10.5. The van der Waals surface area contributed by atoms with Crippen molar-refractivity contribution in [2.75, 3.05) is 27.2 Å². The number of hydrogen-bond acceptors (Lipinski definition) is 2. The third kappa shape index (κ3) is 6.61. The largest absolute Gasteiger partial charge is 0.338 e. The van der Waals surface area contributed by atoms with Crippen LogP contribution in [0.4, 0.5) is 4.79 Å². The van der Waals surface area contributed by atoms with E-state index in [0.29, 0.717) is 13.1 Å². The van der Waals surface area contributed by atoms with Gasteiger partial charge in [0.1, 0.15) is 0 Å². The molecule has 0 bridgehead atoms. The molecule has 23 heavy (non-hydrogen) atoms. The molecule has 1 rings (SSSR count). The zero-order valence-corrected chi connectivity index (χ0v) is 15.8. The Balaban J connectivity index is 2.35. The van der Waals surface area contributed by atoms with E-state index in [0.717, 1.165) is 6.42 Å². The topological polar surface area (TPSA) is 44.4 Å². The Morgan fingerprint density at radius 1 is 1.00 bits per heavy atom. The maximum absolute atomic E-state index is 11.8. The predicted molar refractivity (Wildman–Crippen MR) is 98.0 cm³/mol. The molecule has 0 aliphatic carbocycles. The van der Waals surface area contributed by atoms with Crippen LogP contribution in [0.15, 0.2) is 24.3 Å². The van der Waals surface area contributed by atoms with Gasteiger partial charge in [-0.05, 0) is 50.9 Å². The summed E-state index contributed by atoms with van der Waals surface area (Å²) < 4.78 is 0. The minimum absolute atomic E-state index is 0.0554. The lowest BCUT2D eigenvalue weighted by atomic mass is 9.86. The van der Waals surface area contributed by atoms with Crippen molar-refractivity contribution in [3.8, 4) is 0 Å². The van der Waals surface area contributed by atoms with Gasteiger partial charge in [0.05, 0.1) is 0 Å². The summed E-state index contributed by atoms with van der Waals surface area (Å²) in [5.74, 6) is 0. The SMILES string of the molecule is CN(C)C(C)(C)CNC(=O)NCCc1ccc(C(C)(C)C)cc1. The molecule has 4 nitrogen and oxygen atoms in total. The fraction of sp³-hybridized carbons (Fsp3) is 0.632. The molecule has 0 saturated heterocycles. The average molecular weight is 319 g/mol. The van der Waals surface area contributed by atoms with E-state index in [1.165, 1.54) is 11.1 Å². The number of likely N-dealkylation sites (N-methyl/N-ethyl adjacent to an activating group) is 1. The van der Waals surface area contributed by atoms with Crippen molar-refractivity contribution in [3.05, 3.63) is 35.4 Å². The first kappa shape index (κ1) is 19.5. The van der Waals surface area contributed by atoms with Crippen molar-refractivity contribution in [2.24, 2.45) is 0 Å². The highest BCUT2D eigenvalue weighted by molar-refractivity contribution is 5.73. The minimum Gasteiger partial charge on any atom is -0.338 e. The standard InChI is InChI=1S/C19H33N3O/c1-18(2,3)16-10-8-15(9-11-16)12-13-20-17(23)21-14-19(4,5)22(6)7/h8-11H,12-14H2,1-7H3,(H2,20,21,23). The second-order valence-electron chi connectivity index (χ2n) is 8.01. The van der Waals surface area contributed by atoms with Crippen molar-refractivity contribution in [2.45, 2.75) is 52.0 Å². The van der Waals surface area contributed by atoms with Crippen molar-refractivity contribution >= 4 is 6.03 Å². The Hall–Kier alpha value is -1.55. The van der Waals surface area contributed by atoms with Crippen molar-refractivity contribution in [3.63, 3.8) is 0 Å². The van der Waals surface area contributed by atoms with E-state index in [-0.39, 0.29) is 17.0 Å².